The van der Waals surface area contributed by atoms with Gasteiger partial charge in [0.25, 0.3) is 0 Å². The molecule has 0 aliphatic carbocycles. The third kappa shape index (κ3) is 3.39. The SMILES string of the molecule is Cc1ccn2c(CC3CNCCO3)c(-c3c(F)cc(Br)cc3Cl)nc2c1. The molecule has 136 valence electrons. The molecule has 0 bridgehead atoms. The number of benzene rings is 1. The molecule has 7 heteroatoms. The average Bonchev–Trinajstić information content (AvgIpc) is 2.92. The molecular weight excluding hydrogens is 421 g/mol. The average molecular weight is 439 g/mol. The summed E-state index contributed by atoms with van der Waals surface area (Å²) in [5.41, 5.74) is 3.67. The van der Waals surface area contributed by atoms with Crippen LogP contribution in [0.5, 0.6) is 0 Å². The number of pyridine rings is 1. The third-order valence-corrected chi connectivity index (χ3v) is 5.31. The van der Waals surface area contributed by atoms with Gasteiger partial charge in [-0.3, -0.25) is 0 Å². The number of aryl methyl sites for hydroxylation is 1. The summed E-state index contributed by atoms with van der Waals surface area (Å²) in [4.78, 5) is 4.71. The van der Waals surface area contributed by atoms with Crippen molar-refractivity contribution < 1.29 is 9.13 Å². The van der Waals surface area contributed by atoms with Crippen LogP contribution in [0.4, 0.5) is 4.39 Å². The van der Waals surface area contributed by atoms with Crippen molar-refractivity contribution in [3.8, 4) is 11.3 Å². The molecule has 4 nitrogen and oxygen atoms in total. The van der Waals surface area contributed by atoms with Crippen LogP contribution >= 0.6 is 27.5 Å². The predicted octanol–water partition coefficient (Wildman–Crippen LogP) is 4.40. The van der Waals surface area contributed by atoms with E-state index in [1.807, 2.05) is 29.7 Å². The number of morpholine rings is 1. The number of ether oxygens (including phenoxy) is 1. The molecular formula is C19H18BrClFN3O. The van der Waals surface area contributed by atoms with Gasteiger partial charge in [-0.15, -0.1) is 0 Å². The van der Waals surface area contributed by atoms with Crippen LogP contribution in [-0.2, 0) is 11.2 Å². The van der Waals surface area contributed by atoms with Gasteiger partial charge < -0.3 is 14.5 Å². The molecule has 3 aromatic rings. The Morgan fingerprint density at radius 1 is 1.42 bits per heavy atom. The Hall–Kier alpha value is -1.47. The molecule has 1 fully saturated rings. The molecule has 0 amide bonds. The summed E-state index contributed by atoms with van der Waals surface area (Å²) >= 11 is 9.66. The van der Waals surface area contributed by atoms with Crippen LogP contribution < -0.4 is 5.32 Å². The van der Waals surface area contributed by atoms with Crippen LogP contribution in [0.3, 0.4) is 0 Å². The Bertz CT molecular complexity index is 946. The van der Waals surface area contributed by atoms with E-state index in [9.17, 15) is 4.39 Å². The lowest BCUT2D eigenvalue weighted by Crippen LogP contribution is -2.39. The number of halogens is 3. The minimum Gasteiger partial charge on any atom is -0.375 e. The molecule has 26 heavy (non-hydrogen) atoms. The van der Waals surface area contributed by atoms with Gasteiger partial charge >= 0.3 is 0 Å². The summed E-state index contributed by atoms with van der Waals surface area (Å²) in [5, 5.41) is 3.67. The van der Waals surface area contributed by atoms with E-state index in [1.165, 1.54) is 6.07 Å². The molecule has 1 aliphatic heterocycles. The lowest BCUT2D eigenvalue weighted by molar-refractivity contribution is 0.0286. The number of imidazole rings is 1. The fraction of sp³-hybridized carbons (Fsp3) is 0.316. The molecule has 1 unspecified atom stereocenters. The van der Waals surface area contributed by atoms with Crippen LogP contribution in [0.25, 0.3) is 16.9 Å². The van der Waals surface area contributed by atoms with Gasteiger partial charge in [-0.25, -0.2) is 9.37 Å². The van der Waals surface area contributed by atoms with E-state index >= 15 is 0 Å². The predicted molar refractivity (Wildman–Crippen MR) is 104 cm³/mol. The van der Waals surface area contributed by atoms with Gasteiger partial charge in [0.15, 0.2) is 0 Å². The van der Waals surface area contributed by atoms with Crippen molar-refractivity contribution in [1.29, 1.82) is 0 Å². The Morgan fingerprint density at radius 2 is 2.27 bits per heavy atom. The first-order valence-electron chi connectivity index (χ1n) is 8.48. The number of nitrogens with one attached hydrogen (secondary N) is 1. The summed E-state index contributed by atoms with van der Waals surface area (Å²) in [6.45, 7) is 4.29. The van der Waals surface area contributed by atoms with Crippen LogP contribution in [0, 0.1) is 12.7 Å². The van der Waals surface area contributed by atoms with E-state index in [4.69, 9.17) is 21.3 Å². The van der Waals surface area contributed by atoms with Crippen molar-refractivity contribution in [2.75, 3.05) is 19.7 Å². The van der Waals surface area contributed by atoms with Crippen molar-refractivity contribution in [2.24, 2.45) is 0 Å². The zero-order valence-electron chi connectivity index (χ0n) is 14.2. The van der Waals surface area contributed by atoms with Gasteiger partial charge in [0, 0.05) is 30.2 Å². The molecule has 1 aliphatic rings. The zero-order valence-corrected chi connectivity index (χ0v) is 16.6. The number of hydrogen-bond donors (Lipinski definition) is 1. The van der Waals surface area contributed by atoms with Crippen molar-refractivity contribution >= 4 is 33.2 Å². The van der Waals surface area contributed by atoms with Crippen molar-refractivity contribution in [3.63, 3.8) is 0 Å². The van der Waals surface area contributed by atoms with Crippen LogP contribution in [0.15, 0.2) is 34.9 Å². The maximum atomic E-state index is 14.8. The largest absolute Gasteiger partial charge is 0.375 e. The molecule has 0 saturated carbocycles. The minimum atomic E-state index is -0.395. The standard InChI is InChI=1S/C19H18BrClFN3O/c1-11-2-4-25-16(9-13-10-23-3-5-26-13)19(24-17(25)6-11)18-14(21)7-12(20)8-15(18)22/h2,4,6-8,13,23H,3,5,9-10H2,1H3. The monoisotopic (exact) mass is 437 g/mol. The molecule has 1 saturated heterocycles. The highest BCUT2D eigenvalue weighted by Crippen LogP contribution is 2.36. The van der Waals surface area contributed by atoms with Gasteiger partial charge in [0.2, 0.25) is 0 Å². The van der Waals surface area contributed by atoms with Gasteiger partial charge in [-0.2, -0.15) is 0 Å². The quantitative estimate of drug-likeness (QED) is 0.659. The molecule has 0 spiro atoms. The van der Waals surface area contributed by atoms with Crippen LogP contribution in [0.2, 0.25) is 5.02 Å². The fourth-order valence-electron chi connectivity index (χ4n) is 3.33. The normalized spacial score (nSPS) is 17.8. The van der Waals surface area contributed by atoms with E-state index in [0.29, 0.717) is 33.8 Å². The maximum Gasteiger partial charge on any atom is 0.137 e. The first kappa shape index (κ1) is 17.9. The number of hydrogen-bond acceptors (Lipinski definition) is 3. The Balaban J connectivity index is 1.89. The van der Waals surface area contributed by atoms with E-state index in [-0.39, 0.29) is 6.10 Å². The summed E-state index contributed by atoms with van der Waals surface area (Å²) < 4.78 is 23.2. The molecule has 0 radical (unpaired) electrons. The number of aromatic nitrogens is 2. The van der Waals surface area contributed by atoms with Crippen LogP contribution in [-0.4, -0.2) is 35.2 Å². The molecule has 1 N–H and O–H groups in total. The summed E-state index contributed by atoms with van der Waals surface area (Å²) in [6, 6.07) is 7.11. The Kier molecular flexibility index (Phi) is 5.01. The van der Waals surface area contributed by atoms with E-state index < -0.39 is 5.82 Å². The second-order valence-electron chi connectivity index (χ2n) is 6.48. The molecule has 2 aromatic heterocycles. The van der Waals surface area contributed by atoms with Crippen molar-refractivity contribution in [2.45, 2.75) is 19.4 Å². The lowest BCUT2D eigenvalue weighted by atomic mass is 10.0. The van der Waals surface area contributed by atoms with Gasteiger partial charge in [0.05, 0.1) is 34.7 Å². The van der Waals surface area contributed by atoms with Crippen molar-refractivity contribution in [3.05, 3.63) is 57.0 Å². The summed E-state index contributed by atoms with van der Waals surface area (Å²) in [7, 11) is 0. The Labute approximate surface area is 164 Å². The summed E-state index contributed by atoms with van der Waals surface area (Å²) in [6.07, 6.45) is 2.61. The van der Waals surface area contributed by atoms with Gasteiger partial charge in [0.1, 0.15) is 11.5 Å². The first-order valence-corrected chi connectivity index (χ1v) is 9.65. The third-order valence-electron chi connectivity index (χ3n) is 4.55. The number of nitrogens with zero attached hydrogens (tertiary/aromatic N) is 2. The number of fused-ring (bicyclic) bond motifs is 1. The van der Waals surface area contributed by atoms with E-state index in [0.717, 1.165) is 30.0 Å². The fourth-order valence-corrected chi connectivity index (χ4v) is 4.19. The highest BCUT2D eigenvalue weighted by Gasteiger charge is 2.24. The van der Waals surface area contributed by atoms with Crippen LogP contribution in [0.1, 0.15) is 11.3 Å². The van der Waals surface area contributed by atoms with Gasteiger partial charge in [-0.1, -0.05) is 27.5 Å². The first-order chi connectivity index (χ1) is 12.5. The highest BCUT2D eigenvalue weighted by molar-refractivity contribution is 9.10. The smallest absolute Gasteiger partial charge is 0.137 e. The zero-order chi connectivity index (χ0) is 18.3. The Morgan fingerprint density at radius 3 is 3.00 bits per heavy atom. The summed E-state index contributed by atoms with van der Waals surface area (Å²) in [5.74, 6) is -0.395. The highest BCUT2D eigenvalue weighted by atomic mass is 79.9. The van der Waals surface area contributed by atoms with E-state index in [1.54, 1.807) is 6.07 Å². The maximum absolute atomic E-state index is 14.8. The molecule has 4 rings (SSSR count). The second-order valence-corrected chi connectivity index (χ2v) is 7.81. The topological polar surface area (TPSA) is 38.6 Å². The molecule has 3 heterocycles. The molecule has 1 aromatic carbocycles. The lowest BCUT2D eigenvalue weighted by Gasteiger charge is -2.24. The molecule has 1 atom stereocenters. The number of rotatable bonds is 3. The minimum absolute atomic E-state index is 0.0148. The van der Waals surface area contributed by atoms with Gasteiger partial charge in [-0.05, 0) is 36.8 Å². The van der Waals surface area contributed by atoms with Crippen molar-refractivity contribution in [1.82, 2.24) is 14.7 Å². The van der Waals surface area contributed by atoms with E-state index in [2.05, 4.69) is 21.2 Å². The second kappa shape index (κ2) is 7.27.